The highest BCUT2D eigenvalue weighted by Gasteiger charge is 2.08. The summed E-state index contributed by atoms with van der Waals surface area (Å²) < 4.78 is 1.79. The fourth-order valence-corrected chi connectivity index (χ4v) is 1.78. The largest absolute Gasteiger partial charge is 0.244 e. The summed E-state index contributed by atoms with van der Waals surface area (Å²) in [5, 5.41) is 17.0. The maximum atomic E-state index is 9.05. The van der Waals surface area contributed by atoms with E-state index in [2.05, 4.69) is 23.3 Å². The van der Waals surface area contributed by atoms with Gasteiger partial charge in [-0.15, -0.1) is 5.10 Å². The van der Waals surface area contributed by atoms with Crippen LogP contribution < -0.4 is 0 Å². The van der Waals surface area contributed by atoms with Crippen molar-refractivity contribution in [2.45, 2.75) is 26.3 Å². The van der Waals surface area contributed by atoms with Gasteiger partial charge in [-0.3, -0.25) is 0 Å². The summed E-state index contributed by atoms with van der Waals surface area (Å²) in [7, 11) is 0. The second-order valence-electron chi connectivity index (χ2n) is 4.26. The van der Waals surface area contributed by atoms with Crippen LogP contribution in [-0.2, 0) is 6.54 Å². The Morgan fingerprint density at radius 3 is 2.74 bits per heavy atom. The number of hydrogen-bond acceptors (Lipinski definition) is 3. The highest BCUT2D eigenvalue weighted by molar-refractivity contribution is 5.69. The number of nitrogens with zero attached hydrogens (tertiary/aromatic N) is 4. The topological polar surface area (TPSA) is 54.5 Å². The molecule has 2 aromatic rings. The molecule has 96 valence electrons. The van der Waals surface area contributed by atoms with Gasteiger partial charge in [0, 0.05) is 6.54 Å². The smallest absolute Gasteiger partial charge is 0.190 e. The molecule has 2 rings (SSSR count). The highest BCUT2D eigenvalue weighted by atomic mass is 15.4. The zero-order valence-corrected chi connectivity index (χ0v) is 11.0. The van der Waals surface area contributed by atoms with E-state index in [9.17, 15) is 0 Å². The van der Waals surface area contributed by atoms with E-state index in [1.165, 1.54) is 0 Å². The normalized spacial score (nSPS) is 10.7. The predicted octanol–water partition coefficient (Wildman–Crippen LogP) is 3.12. The molecule has 0 atom stereocenters. The van der Waals surface area contributed by atoms with Crippen LogP contribution >= 0.6 is 0 Å². The number of aryl methyl sites for hydroxylation is 1. The average molecular weight is 252 g/mol. The maximum Gasteiger partial charge on any atom is 0.190 e. The van der Waals surface area contributed by atoms with Crippen LogP contribution in [0.15, 0.2) is 30.3 Å². The third-order valence-corrected chi connectivity index (χ3v) is 2.84. The summed E-state index contributed by atoms with van der Waals surface area (Å²) in [5.74, 6) is 0. The summed E-state index contributed by atoms with van der Waals surface area (Å²) in [6.45, 7) is 2.92. The molecular weight excluding hydrogens is 236 g/mol. The molecule has 0 aliphatic heterocycles. The lowest BCUT2D eigenvalue weighted by Gasteiger charge is -2.01. The predicted molar refractivity (Wildman–Crippen MR) is 75.0 cm³/mol. The molecule has 0 amide bonds. The lowest BCUT2D eigenvalue weighted by atomic mass is 10.2. The van der Waals surface area contributed by atoms with E-state index in [0.29, 0.717) is 5.69 Å². The van der Waals surface area contributed by atoms with Crippen LogP contribution in [0, 0.1) is 11.3 Å². The minimum Gasteiger partial charge on any atom is -0.244 e. The Kier molecular flexibility index (Phi) is 4.46. The van der Waals surface area contributed by atoms with Crippen molar-refractivity contribution < 1.29 is 0 Å². The van der Waals surface area contributed by atoms with E-state index in [1.54, 1.807) is 4.68 Å². The molecule has 0 saturated heterocycles. The second kappa shape index (κ2) is 6.50. The molecule has 0 spiro atoms. The van der Waals surface area contributed by atoms with Gasteiger partial charge in [-0.25, -0.2) is 4.68 Å². The van der Waals surface area contributed by atoms with Crippen LogP contribution in [0.3, 0.4) is 0 Å². The number of rotatable bonds is 5. The van der Waals surface area contributed by atoms with Gasteiger partial charge in [-0.05, 0) is 18.1 Å². The molecule has 0 aliphatic rings. The number of aromatic nitrogens is 3. The van der Waals surface area contributed by atoms with Crippen molar-refractivity contribution in [3.05, 3.63) is 47.3 Å². The number of nitriles is 1. The van der Waals surface area contributed by atoms with Crippen molar-refractivity contribution in [2.75, 3.05) is 0 Å². The first-order valence-electron chi connectivity index (χ1n) is 6.42. The third-order valence-electron chi connectivity index (χ3n) is 2.84. The molecule has 0 radical (unpaired) electrons. The van der Waals surface area contributed by atoms with Crippen LogP contribution in [0.2, 0.25) is 0 Å². The molecular formula is C15H16N4. The van der Waals surface area contributed by atoms with Crippen molar-refractivity contribution in [3.8, 4) is 6.07 Å². The molecule has 4 heteroatoms. The lowest BCUT2D eigenvalue weighted by molar-refractivity contribution is 0.549. The Hall–Kier alpha value is -2.41. The van der Waals surface area contributed by atoms with Gasteiger partial charge in [0.05, 0.1) is 5.69 Å². The molecule has 1 aromatic carbocycles. The van der Waals surface area contributed by atoms with Crippen LogP contribution in [-0.4, -0.2) is 15.0 Å². The van der Waals surface area contributed by atoms with Gasteiger partial charge in [0.25, 0.3) is 0 Å². The number of benzene rings is 1. The van der Waals surface area contributed by atoms with Crippen molar-refractivity contribution >= 4 is 12.2 Å². The fraction of sp³-hybridized carbons (Fsp3) is 0.267. The van der Waals surface area contributed by atoms with E-state index in [4.69, 9.17) is 5.26 Å². The van der Waals surface area contributed by atoms with Gasteiger partial charge in [0.2, 0.25) is 0 Å². The minimum atomic E-state index is 0.378. The summed E-state index contributed by atoms with van der Waals surface area (Å²) in [5.41, 5.74) is 2.25. The van der Waals surface area contributed by atoms with Gasteiger partial charge in [-0.2, -0.15) is 5.26 Å². The first-order valence-corrected chi connectivity index (χ1v) is 6.42. The van der Waals surface area contributed by atoms with Crippen LogP contribution in [0.25, 0.3) is 12.2 Å². The van der Waals surface area contributed by atoms with Crippen molar-refractivity contribution in [1.82, 2.24) is 15.0 Å². The third kappa shape index (κ3) is 3.29. The van der Waals surface area contributed by atoms with E-state index in [-0.39, 0.29) is 0 Å². The molecule has 0 saturated carbocycles. The SMILES string of the molecule is CCCCn1nnc(C#N)c1/C=C/c1ccccc1. The van der Waals surface area contributed by atoms with Crippen molar-refractivity contribution in [3.63, 3.8) is 0 Å². The van der Waals surface area contributed by atoms with Crippen LogP contribution in [0.1, 0.15) is 36.7 Å². The Morgan fingerprint density at radius 1 is 1.26 bits per heavy atom. The molecule has 19 heavy (non-hydrogen) atoms. The Morgan fingerprint density at radius 2 is 2.05 bits per heavy atom. The van der Waals surface area contributed by atoms with Crippen molar-refractivity contribution in [1.29, 1.82) is 5.26 Å². The standard InChI is InChI=1S/C15H16N4/c1-2-3-11-19-15(14(12-16)17-18-19)10-9-13-7-5-4-6-8-13/h4-10H,2-3,11H2,1H3/b10-9+. The van der Waals surface area contributed by atoms with Gasteiger partial charge >= 0.3 is 0 Å². The van der Waals surface area contributed by atoms with E-state index in [1.807, 2.05) is 42.5 Å². The van der Waals surface area contributed by atoms with Crippen LogP contribution in [0.5, 0.6) is 0 Å². The molecule has 0 fully saturated rings. The van der Waals surface area contributed by atoms with E-state index < -0.39 is 0 Å². The minimum absolute atomic E-state index is 0.378. The maximum absolute atomic E-state index is 9.05. The molecule has 0 N–H and O–H groups in total. The van der Waals surface area contributed by atoms with Crippen molar-refractivity contribution in [2.24, 2.45) is 0 Å². The first kappa shape index (κ1) is 13.0. The quantitative estimate of drug-likeness (QED) is 0.821. The molecule has 0 aliphatic carbocycles. The van der Waals surface area contributed by atoms with Gasteiger partial charge in [0.15, 0.2) is 5.69 Å². The first-order chi connectivity index (χ1) is 9.35. The Bertz CT molecular complexity index is 590. The summed E-state index contributed by atoms with van der Waals surface area (Å²) in [6.07, 6.45) is 6.00. The summed E-state index contributed by atoms with van der Waals surface area (Å²) in [6, 6.07) is 12.1. The second-order valence-corrected chi connectivity index (χ2v) is 4.26. The molecule has 1 aromatic heterocycles. The zero-order chi connectivity index (χ0) is 13.5. The monoisotopic (exact) mass is 252 g/mol. The average Bonchev–Trinajstić information content (AvgIpc) is 2.86. The van der Waals surface area contributed by atoms with Gasteiger partial charge < -0.3 is 0 Å². The number of unbranched alkanes of at least 4 members (excludes halogenated alkanes) is 1. The molecule has 1 heterocycles. The van der Waals surface area contributed by atoms with E-state index in [0.717, 1.165) is 30.6 Å². The number of hydrogen-bond donors (Lipinski definition) is 0. The lowest BCUT2D eigenvalue weighted by Crippen LogP contribution is -2.02. The zero-order valence-electron chi connectivity index (χ0n) is 11.0. The fourth-order valence-electron chi connectivity index (χ4n) is 1.78. The Balaban J connectivity index is 2.25. The molecule has 0 bridgehead atoms. The van der Waals surface area contributed by atoms with Gasteiger partial charge in [0.1, 0.15) is 6.07 Å². The highest BCUT2D eigenvalue weighted by Crippen LogP contribution is 2.11. The van der Waals surface area contributed by atoms with E-state index >= 15 is 0 Å². The summed E-state index contributed by atoms with van der Waals surface area (Å²) in [4.78, 5) is 0. The molecule has 0 unspecified atom stereocenters. The van der Waals surface area contributed by atoms with Crippen LogP contribution in [0.4, 0.5) is 0 Å². The molecule has 4 nitrogen and oxygen atoms in total. The summed E-state index contributed by atoms with van der Waals surface area (Å²) >= 11 is 0. The Labute approximate surface area is 113 Å². The van der Waals surface area contributed by atoms with Gasteiger partial charge in [-0.1, -0.05) is 55.0 Å².